The van der Waals surface area contributed by atoms with Crippen LogP contribution in [0.1, 0.15) is 22.8 Å². The summed E-state index contributed by atoms with van der Waals surface area (Å²) >= 11 is 3.49. The SMILES string of the molecule is CC(=O)c1c[nH]c2c(Br)ccc(OCc3ccccc3)c12. The van der Waals surface area contributed by atoms with E-state index in [0.717, 1.165) is 20.9 Å². The number of ether oxygens (including phenoxy) is 1. The van der Waals surface area contributed by atoms with E-state index < -0.39 is 0 Å². The van der Waals surface area contributed by atoms with E-state index in [0.29, 0.717) is 17.9 Å². The van der Waals surface area contributed by atoms with Gasteiger partial charge in [-0.15, -0.1) is 0 Å². The predicted molar refractivity (Wildman–Crippen MR) is 86.8 cm³/mol. The topological polar surface area (TPSA) is 42.1 Å². The highest BCUT2D eigenvalue weighted by atomic mass is 79.9. The molecule has 0 unspecified atom stereocenters. The minimum atomic E-state index is 0.0175. The molecule has 0 radical (unpaired) electrons. The second-order valence-corrected chi connectivity index (χ2v) is 5.68. The fourth-order valence-corrected chi connectivity index (χ4v) is 2.76. The summed E-state index contributed by atoms with van der Waals surface area (Å²) < 4.78 is 6.83. The van der Waals surface area contributed by atoms with Crippen LogP contribution in [0, 0.1) is 0 Å². The summed E-state index contributed by atoms with van der Waals surface area (Å²) in [5.74, 6) is 0.729. The Morgan fingerprint density at radius 1 is 1.19 bits per heavy atom. The average molecular weight is 344 g/mol. The lowest BCUT2D eigenvalue weighted by atomic mass is 10.1. The van der Waals surface area contributed by atoms with E-state index in [-0.39, 0.29) is 5.78 Å². The summed E-state index contributed by atoms with van der Waals surface area (Å²) in [6.45, 7) is 2.03. The van der Waals surface area contributed by atoms with Gasteiger partial charge in [-0.1, -0.05) is 30.3 Å². The van der Waals surface area contributed by atoms with Crippen molar-refractivity contribution in [1.82, 2.24) is 4.98 Å². The fourth-order valence-electron chi connectivity index (χ4n) is 2.32. The smallest absolute Gasteiger partial charge is 0.162 e. The van der Waals surface area contributed by atoms with Gasteiger partial charge in [0.15, 0.2) is 5.78 Å². The lowest BCUT2D eigenvalue weighted by Crippen LogP contribution is -1.97. The first-order valence-corrected chi connectivity index (χ1v) is 7.43. The third kappa shape index (κ3) is 2.72. The van der Waals surface area contributed by atoms with Crippen molar-refractivity contribution < 1.29 is 9.53 Å². The quantitative estimate of drug-likeness (QED) is 0.697. The van der Waals surface area contributed by atoms with Gasteiger partial charge in [0, 0.05) is 16.2 Å². The maximum Gasteiger partial charge on any atom is 0.162 e. The number of fused-ring (bicyclic) bond motifs is 1. The van der Waals surface area contributed by atoms with Gasteiger partial charge in [0.2, 0.25) is 0 Å². The van der Waals surface area contributed by atoms with Crippen LogP contribution in [-0.2, 0) is 6.61 Å². The molecule has 106 valence electrons. The minimum absolute atomic E-state index is 0.0175. The van der Waals surface area contributed by atoms with E-state index in [1.54, 1.807) is 13.1 Å². The van der Waals surface area contributed by atoms with Crippen LogP contribution in [0.15, 0.2) is 53.1 Å². The molecule has 1 heterocycles. The van der Waals surface area contributed by atoms with Gasteiger partial charge in [-0.05, 0) is 40.5 Å². The monoisotopic (exact) mass is 343 g/mol. The Bertz CT molecular complexity index is 793. The van der Waals surface area contributed by atoms with Gasteiger partial charge >= 0.3 is 0 Å². The molecule has 0 fully saturated rings. The standard InChI is InChI=1S/C17H14BrNO2/c1-11(20)13-9-19-17-14(18)7-8-15(16(13)17)21-10-12-5-3-2-4-6-12/h2-9,19H,10H2,1H3. The zero-order valence-electron chi connectivity index (χ0n) is 11.5. The van der Waals surface area contributed by atoms with Crippen molar-refractivity contribution in [2.24, 2.45) is 0 Å². The number of halogens is 1. The average Bonchev–Trinajstić information content (AvgIpc) is 2.94. The zero-order valence-corrected chi connectivity index (χ0v) is 13.1. The number of rotatable bonds is 4. The van der Waals surface area contributed by atoms with Gasteiger partial charge in [-0.25, -0.2) is 0 Å². The van der Waals surface area contributed by atoms with Crippen molar-refractivity contribution in [2.75, 3.05) is 0 Å². The summed E-state index contributed by atoms with van der Waals surface area (Å²) in [5.41, 5.74) is 2.62. The minimum Gasteiger partial charge on any atom is -0.488 e. The van der Waals surface area contributed by atoms with Crippen LogP contribution in [-0.4, -0.2) is 10.8 Å². The largest absolute Gasteiger partial charge is 0.488 e. The van der Waals surface area contributed by atoms with E-state index in [9.17, 15) is 4.79 Å². The molecule has 0 amide bonds. The van der Waals surface area contributed by atoms with E-state index in [4.69, 9.17) is 4.74 Å². The Morgan fingerprint density at radius 3 is 2.67 bits per heavy atom. The first kappa shape index (κ1) is 13.9. The molecule has 3 rings (SSSR count). The normalized spacial score (nSPS) is 10.8. The maximum absolute atomic E-state index is 11.8. The first-order valence-electron chi connectivity index (χ1n) is 6.64. The summed E-state index contributed by atoms with van der Waals surface area (Å²) in [6, 6.07) is 13.8. The van der Waals surface area contributed by atoms with Crippen LogP contribution in [0.5, 0.6) is 5.75 Å². The first-order chi connectivity index (χ1) is 10.2. The molecule has 4 heteroatoms. The van der Waals surface area contributed by atoms with Crippen LogP contribution in [0.3, 0.4) is 0 Å². The summed E-state index contributed by atoms with van der Waals surface area (Å²) in [4.78, 5) is 14.9. The summed E-state index contributed by atoms with van der Waals surface area (Å²) in [6.07, 6.45) is 1.73. The van der Waals surface area contributed by atoms with Crippen molar-refractivity contribution in [3.05, 3.63) is 64.3 Å². The number of hydrogen-bond donors (Lipinski definition) is 1. The number of benzene rings is 2. The molecule has 0 atom stereocenters. The number of hydrogen-bond acceptors (Lipinski definition) is 2. The molecule has 0 saturated heterocycles. The number of aromatic nitrogens is 1. The van der Waals surface area contributed by atoms with E-state index >= 15 is 0 Å². The third-order valence-electron chi connectivity index (χ3n) is 3.36. The molecule has 1 N–H and O–H groups in total. The van der Waals surface area contributed by atoms with Gasteiger partial charge in [-0.2, -0.15) is 0 Å². The predicted octanol–water partition coefficient (Wildman–Crippen LogP) is 4.71. The Balaban J connectivity index is 2.00. The van der Waals surface area contributed by atoms with Crippen LogP contribution in [0.25, 0.3) is 10.9 Å². The number of nitrogens with one attached hydrogen (secondary N) is 1. The van der Waals surface area contributed by atoms with Crippen LogP contribution >= 0.6 is 15.9 Å². The van der Waals surface area contributed by atoms with E-state index in [1.807, 2.05) is 42.5 Å². The number of ketones is 1. The second-order valence-electron chi connectivity index (χ2n) is 4.83. The molecule has 0 aliphatic heterocycles. The van der Waals surface area contributed by atoms with Crippen molar-refractivity contribution in [3.63, 3.8) is 0 Å². The molecule has 0 spiro atoms. The molecule has 0 aliphatic rings. The zero-order chi connectivity index (χ0) is 14.8. The number of carbonyl (C=O) groups excluding carboxylic acids is 1. The van der Waals surface area contributed by atoms with Crippen molar-refractivity contribution in [1.29, 1.82) is 0 Å². The molecule has 2 aromatic carbocycles. The molecule has 3 nitrogen and oxygen atoms in total. The number of aromatic amines is 1. The van der Waals surface area contributed by atoms with Gasteiger partial charge in [-0.3, -0.25) is 4.79 Å². The van der Waals surface area contributed by atoms with Gasteiger partial charge in [0.25, 0.3) is 0 Å². The van der Waals surface area contributed by atoms with Crippen LogP contribution in [0.4, 0.5) is 0 Å². The Hall–Kier alpha value is -2.07. The van der Waals surface area contributed by atoms with Gasteiger partial charge in [0.1, 0.15) is 12.4 Å². The number of H-pyrrole nitrogens is 1. The number of Topliss-reactive ketones (excluding diaryl/α,β-unsaturated/α-hetero) is 1. The highest BCUT2D eigenvalue weighted by Gasteiger charge is 2.15. The van der Waals surface area contributed by atoms with Crippen LogP contribution < -0.4 is 4.74 Å². The lowest BCUT2D eigenvalue weighted by molar-refractivity contribution is 0.101. The Labute approximate surface area is 131 Å². The molecule has 0 bridgehead atoms. The highest BCUT2D eigenvalue weighted by Crippen LogP contribution is 2.34. The molecule has 21 heavy (non-hydrogen) atoms. The molecule has 0 saturated carbocycles. The second kappa shape index (κ2) is 5.74. The van der Waals surface area contributed by atoms with Gasteiger partial charge in [0.05, 0.1) is 10.9 Å². The molecular weight excluding hydrogens is 330 g/mol. The molecule has 0 aliphatic carbocycles. The van der Waals surface area contributed by atoms with Gasteiger partial charge < -0.3 is 9.72 Å². The maximum atomic E-state index is 11.8. The van der Waals surface area contributed by atoms with Crippen LogP contribution in [0.2, 0.25) is 0 Å². The molecular formula is C17H14BrNO2. The lowest BCUT2D eigenvalue weighted by Gasteiger charge is -2.09. The molecule has 1 aromatic heterocycles. The molecule has 3 aromatic rings. The van der Waals surface area contributed by atoms with E-state index in [2.05, 4.69) is 20.9 Å². The van der Waals surface area contributed by atoms with Crippen molar-refractivity contribution in [3.8, 4) is 5.75 Å². The summed E-state index contributed by atoms with van der Waals surface area (Å²) in [7, 11) is 0. The van der Waals surface area contributed by atoms with Crippen molar-refractivity contribution in [2.45, 2.75) is 13.5 Å². The summed E-state index contributed by atoms with van der Waals surface area (Å²) in [5, 5.41) is 0.827. The highest BCUT2D eigenvalue weighted by molar-refractivity contribution is 9.10. The Kier molecular flexibility index (Phi) is 3.80. The number of carbonyl (C=O) groups is 1. The Morgan fingerprint density at radius 2 is 1.95 bits per heavy atom. The fraction of sp³-hybridized carbons (Fsp3) is 0.118. The van der Waals surface area contributed by atoms with E-state index in [1.165, 1.54) is 0 Å². The van der Waals surface area contributed by atoms with Crippen molar-refractivity contribution >= 4 is 32.6 Å². The third-order valence-corrected chi connectivity index (χ3v) is 4.02.